The summed E-state index contributed by atoms with van der Waals surface area (Å²) in [5.74, 6) is -0.351. The van der Waals surface area contributed by atoms with Gasteiger partial charge in [-0.05, 0) is 31.4 Å². The summed E-state index contributed by atoms with van der Waals surface area (Å²) in [4.78, 5) is 37.5. The van der Waals surface area contributed by atoms with E-state index in [4.69, 9.17) is 0 Å². The Hall–Kier alpha value is -3.03. The lowest BCUT2D eigenvalue weighted by molar-refractivity contribution is -0.121. The summed E-state index contributed by atoms with van der Waals surface area (Å²) in [6, 6.07) is 4.83. The zero-order valence-corrected chi connectivity index (χ0v) is 16.2. The molecule has 8 nitrogen and oxygen atoms in total. The third kappa shape index (κ3) is 3.95. The van der Waals surface area contributed by atoms with Crippen LogP contribution in [-0.2, 0) is 22.6 Å². The van der Waals surface area contributed by atoms with Gasteiger partial charge in [0.25, 0.3) is 5.91 Å². The Kier molecular flexibility index (Phi) is 6.18. The Balaban J connectivity index is 1.83. The predicted molar refractivity (Wildman–Crippen MR) is 103 cm³/mol. The summed E-state index contributed by atoms with van der Waals surface area (Å²) < 4.78 is 1.70. The average Bonchev–Trinajstić information content (AvgIpc) is 3.32. The van der Waals surface area contributed by atoms with Gasteiger partial charge in [-0.1, -0.05) is 24.6 Å². The number of rotatable bonds is 9. The van der Waals surface area contributed by atoms with E-state index >= 15 is 0 Å². The highest BCUT2D eigenvalue weighted by molar-refractivity contribution is 6.00. The van der Waals surface area contributed by atoms with Crippen LogP contribution in [0.3, 0.4) is 0 Å². The summed E-state index contributed by atoms with van der Waals surface area (Å²) in [5.41, 5.74) is 3.10. The number of nitrogens with zero attached hydrogens (tertiary/aromatic N) is 4. The quantitative estimate of drug-likeness (QED) is 0.664. The summed E-state index contributed by atoms with van der Waals surface area (Å²) in [6.07, 6.45) is 6.11. The molecule has 28 heavy (non-hydrogen) atoms. The zero-order chi connectivity index (χ0) is 20.1. The van der Waals surface area contributed by atoms with Gasteiger partial charge in [-0.2, -0.15) is 0 Å². The number of aryl methyl sites for hydroxylation is 1. The van der Waals surface area contributed by atoms with Crippen molar-refractivity contribution in [3.05, 3.63) is 41.2 Å². The van der Waals surface area contributed by atoms with Crippen molar-refractivity contribution in [2.75, 3.05) is 7.05 Å². The van der Waals surface area contributed by atoms with Crippen LogP contribution in [0, 0.1) is 0 Å². The fourth-order valence-electron chi connectivity index (χ4n) is 3.41. The Morgan fingerprint density at radius 1 is 1.39 bits per heavy atom. The van der Waals surface area contributed by atoms with E-state index in [9.17, 15) is 14.4 Å². The number of hydrogen-bond donors (Lipinski definition) is 1. The van der Waals surface area contributed by atoms with Crippen LogP contribution in [0.5, 0.6) is 0 Å². The molecule has 1 aliphatic heterocycles. The van der Waals surface area contributed by atoms with Crippen LogP contribution in [0.4, 0.5) is 0 Å². The Morgan fingerprint density at radius 2 is 2.21 bits per heavy atom. The highest BCUT2D eigenvalue weighted by Crippen LogP contribution is 2.30. The smallest absolute Gasteiger partial charge is 0.255 e. The molecule has 1 unspecified atom stereocenters. The zero-order valence-electron chi connectivity index (χ0n) is 16.2. The minimum absolute atomic E-state index is 0.154. The fourth-order valence-corrected chi connectivity index (χ4v) is 3.41. The average molecular weight is 383 g/mol. The molecule has 0 radical (unpaired) electrons. The lowest BCUT2D eigenvalue weighted by atomic mass is 10.1. The van der Waals surface area contributed by atoms with Crippen molar-refractivity contribution in [2.45, 2.75) is 51.6 Å². The van der Waals surface area contributed by atoms with Crippen LogP contribution in [0.2, 0.25) is 0 Å². The third-order valence-corrected chi connectivity index (χ3v) is 5.05. The monoisotopic (exact) mass is 383 g/mol. The Morgan fingerprint density at radius 3 is 2.93 bits per heavy atom. The molecule has 1 N–H and O–H groups in total. The number of fused-ring (bicyclic) bond motifs is 1. The van der Waals surface area contributed by atoms with Crippen LogP contribution in [0.15, 0.2) is 24.4 Å². The molecule has 1 aromatic heterocycles. The van der Waals surface area contributed by atoms with Crippen molar-refractivity contribution in [1.29, 1.82) is 0 Å². The highest BCUT2D eigenvalue weighted by atomic mass is 16.2. The van der Waals surface area contributed by atoms with E-state index in [-0.39, 0.29) is 18.2 Å². The Labute approximate surface area is 163 Å². The molecule has 1 aromatic carbocycles. The molecule has 0 saturated carbocycles. The molecule has 3 rings (SSSR count). The van der Waals surface area contributed by atoms with E-state index in [0.717, 1.165) is 42.5 Å². The molecule has 1 aliphatic rings. The SMILES string of the molecule is CCCCc1cn(-c2cccc3c2CN(C(C=O)CCC(=O)NC)C3=O)nn1. The van der Waals surface area contributed by atoms with E-state index in [1.807, 2.05) is 18.3 Å². The first-order chi connectivity index (χ1) is 13.6. The molecule has 0 bridgehead atoms. The summed E-state index contributed by atoms with van der Waals surface area (Å²) in [6.45, 7) is 2.44. The fraction of sp³-hybridized carbons (Fsp3) is 0.450. The van der Waals surface area contributed by atoms with Gasteiger partial charge in [0.2, 0.25) is 5.91 Å². The van der Waals surface area contributed by atoms with Crippen LogP contribution in [-0.4, -0.2) is 51.1 Å². The van der Waals surface area contributed by atoms with E-state index in [0.29, 0.717) is 18.5 Å². The molecular weight excluding hydrogens is 358 g/mol. The molecule has 0 aliphatic carbocycles. The molecule has 2 heterocycles. The van der Waals surface area contributed by atoms with Crippen LogP contribution in [0.1, 0.15) is 54.2 Å². The second kappa shape index (κ2) is 8.77. The molecule has 2 amide bonds. The molecule has 1 atom stereocenters. The van der Waals surface area contributed by atoms with Gasteiger partial charge in [-0.15, -0.1) is 5.10 Å². The number of hydrogen-bond acceptors (Lipinski definition) is 5. The van der Waals surface area contributed by atoms with Gasteiger partial charge in [-0.25, -0.2) is 4.68 Å². The van der Waals surface area contributed by atoms with Gasteiger partial charge in [0.15, 0.2) is 0 Å². The molecule has 148 valence electrons. The minimum Gasteiger partial charge on any atom is -0.359 e. The minimum atomic E-state index is -0.638. The molecular formula is C20H25N5O3. The van der Waals surface area contributed by atoms with Gasteiger partial charge in [-0.3, -0.25) is 9.59 Å². The Bertz CT molecular complexity index is 876. The maximum atomic E-state index is 12.9. The van der Waals surface area contributed by atoms with Crippen molar-refractivity contribution in [1.82, 2.24) is 25.2 Å². The second-order valence-corrected chi connectivity index (χ2v) is 6.91. The molecule has 0 spiro atoms. The highest BCUT2D eigenvalue weighted by Gasteiger charge is 2.34. The van der Waals surface area contributed by atoms with Gasteiger partial charge in [0, 0.05) is 31.1 Å². The lowest BCUT2D eigenvalue weighted by Crippen LogP contribution is -2.37. The topological polar surface area (TPSA) is 97.2 Å². The number of aldehydes is 1. The van der Waals surface area contributed by atoms with Gasteiger partial charge < -0.3 is 15.0 Å². The second-order valence-electron chi connectivity index (χ2n) is 6.91. The van der Waals surface area contributed by atoms with E-state index < -0.39 is 6.04 Å². The molecule has 0 saturated heterocycles. The summed E-state index contributed by atoms with van der Waals surface area (Å²) >= 11 is 0. The van der Waals surface area contributed by atoms with Gasteiger partial charge in [0.1, 0.15) is 6.29 Å². The normalized spacial score (nSPS) is 14.1. The van der Waals surface area contributed by atoms with Crippen molar-refractivity contribution in [3.63, 3.8) is 0 Å². The van der Waals surface area contributed by atoms with E-state index in [1.54, 1.807) is 17.8 Å². The van der Waals surface area contributed by atoms with Crippen molar-refractivity contribution >= 4 is 18.1 Å². The first-order valence-corrected chi connectivity index (χ1v) is 9.59. The molecule has 0 fully saturated rings. The first-order valence-electron chi connectivity index (χ1n) is 9.59. The summed E-state index contributed by atoms with van der Waals surface area (Å²) in [5, 5.41) is 11.0. The van der Waals surface area contributed by atoms with Crippen LogP contribution < -0.4 is 5.32 Å². The number of unbranched alkanes of at least 4 members (excludes halogenated alkanes) is 1. The number of carbonyl (C=O) groups excluding carboxylic acids is 3. The number of carbonyl (C=O) groups is 3. The van der Waals surface area contributed by atoms with Crippen molar-refractivity contribution < 1.29 is 14.4 Å². The van der Waals surface area contributed by atoms with Gasteiger partial charge >= 0.3 is 0 Å². The number of aromatic nitrogens is 3. The van der Waals surface area contributed by atoms with Crippen LogP contribution >= 0.6 is 0 Å². The van der Waals surface area contributed by atoms with Crippen molar-refractivity contribution in [3.8, 4) is 5.69 Å². The molecule has 2 aromatic rings. The number of amides is 2. The van der Waals surface area contributed by atoms with Crippen molar-refractivity contribution in [2.24, 2.45) is 0 Å². The standard InChI is InChI=1S/C20H25N5O3/c1-3-4-6-14-11-25(23-22-14)18-8-5-7-16-17(18)12-24(20(16)28)15(13-26)9-10-19(27)21-2/h5,7-8,11,13,15H,3-4,6,9-10,12H2,1-2H3,(H,21,27). The first kappa shape index (κ1) is 19.7. The summed E-state index contributed by atoms with van der Waals surface area (Å²) in [7, 11) is 1.55. The third-order valence-electron chi connectivity index (χ3n) is 5.05. The largest absolute Gasteiger partial charge is 0.359 e. The predicted octanol–water partition coefficient (Wildman–Crippen LogP) is 1.66. The van der Waals surface area contributed by atoms with E-state index in [1.165, 1.54) is 4.90 Å². The van der Waals surface area contributed by atoms with E-state index in [2.05, 4.69) is 22.6 Å². The van der Waals surface area contributed by atoms with Gasteiger partial charge in [0.05, 0.1) is 23.6 Å². The maximum absolute atomic E-state index is 12.9. The maximum Gasteiger partial charge on any atom is 0.255 e. The lowest BCUT2D eigenvalue weighted by Gasteiger charge is -2.22. The molecule has 8 heteroatoms. The number of nitrogens with one attached hydrogen (secondary N) is 1. The van der Waals surface area contributed by atoms with Crippen LogP contribution in [0.25, 0.3) is 5.69 Å². The number of benzene rings is 1.